The van der Waals surface area contributed by atoms with E-state index in [4.69, 9.17) is 4.55 Å². The highest BCUT2D eigenvalue weighted by atomic mass is 32.2. The molecule has 0 bridgehead atoms. The minimum absolute atomic E-state index is 0.105. The molecule has 0 aromatic heterocycles. The van der Waals surface area contributed by atoms with E-state index in [0.717, 1.165) is 19.3 Å². The first-order chi connectivity index (χ1) is 11.6. The Morgan fingerprint density at radius 3 is 1.92 bits per heavy atom. The maximum Gasteiger partial charge on any atom is 0.425 e. The van der Waals surface area contributed by atoms with Crippen LogP contribution in [-0.4, -0.2) is 55.0 Å². The van der Waals surface area contributed by atoms with Crippen molar-refractivity contribution in [1.29, 1.82) is 0 Å². The maximum atomic E-state index is 14.2. The largest absolute Gasteiger partial charge is 0.425 e. The van der Waals surface area contributed by atoms with Crippen LogP contribution < -0.4 is 0 Å². The third-order valence-corrected chi connectivity index (χ3v) is 8.47. The van der Waals surface area contributed by atoms with E-state index in [9.17, 15) is 38.8 Å². The molecule has 0 aromatic carbocycles. The van der Waals surface area contributed by atoms with Gasteiger partial charge in [0.05, 0.1) is 0 Å². The van der Waals surface area contributed by atoms with E-state index in [0.29, 0.717) is 6.42 Å². The van der Waals surface area contributed by atoms with Crippen LogP contribution in [0.15, 0.2) is 0 Å². The van der Waals surface area contributed by atoms with Gasteiger partial charge in [0.2, 0.25) is 0 Å². The second-order valence-electron chi connectivity index (χ2n) is 6.94. The number of sulfonamides is 1. The lowest BCUT2D eigenvalue weighted by Gasteiger charge is -2.42. The van der Waals surface area contributed by atoms with E-state index in [2.05, 4.69) is 0 Å². The highest BCUT2D eigenvalue weighted by Crippen LogP contribution is 2.51. The lowest BCUT2D eigenvalue weighted by molar-refractivity contribution is -0.206. The van der Waals surface area contributed by atoms with Gasteiger partial charge < -0.3 is 0 Å². The molecule has 0 aromatic rings. The molecule has 1 saturated carbocycles. The van der Waals surface area contributed by atoms with Crippen molar-refractivity contribution in [2.45, 2.75) is 55.2 Å². The Balaban J connectivity index is 2.37. The standard InChI is InChI=1S/C13H20F5NO5S2/c1-11(14,26(22,23)24)12(15,16)13(17,18)25(20,21)19-7-6-9-4-2-3-5-10(9)8-19/h9-10H,2-8H2,1H3,(H,22,23,24). The molecule has 2 rings (SSSR count). The molecular weight excluding hydrogens is 409 g/mol. The van der Waals surface area contributed by atoms with E-state index in [1.807, 2.05) is 0 Å². The van der Waals surface area contributed by atoms with Crippen molar-refractivity contribution in [2.75, 3.05) is 13.1 Å². The minimum Gasteiger partial charge on any atom is -0.283 e. The van der Waals surface area contributed by atoms with E-state index in [1.165, 1.54) is 0 Å². The third kappa shape index (κ3) is 3.14. The van der Waals surface area contributed by atoms with Gasteiger partial charge in [-0.3, -0.25) is 4.55 Å². The summed E-state index contributed by atoms with van der Waals surface area (Å²) in [5.41, 5.74) is 0. The zero-order chi connectivity index (χ0) is 20.2. The number of alkyl halides is 5. The Hall–Kier alpha value is -0.530. The molecule has 3 atom stereocenters. The Kier molecular flexibility index (Phi) is 5.46. The normalized spacial score (nSPS) is 29.0. The van der Waals surface area contributed by atoms with Gasteiger partial charge in [0, 0.05) is 13.1 Å². The lowest BCUT2D eigenvalue weighted by Crippen LogP contribution is -2.64. The summed E-state index contributed by atoms with van der Waals surface area (Å²) in [4.78, 5) is 0. The number of fused-ring (bicyclic) bond motifs is 1. The molecule has 0 amide bonds. The monoisotopic (exact) mass is 429 g/mol. The molecule has 1 saturated heterocycles. The van der Waals surface area contributed by atoms with Gasteiger partial charge in [-0.1, -0.05) is 19.3 Å². The Morgan fingerprint density at radius 2 is 1.42 bits per heavy atom. The molecule has 3 unspecified atom stereocenters. The van der Waals surface area contributed by atoms with E-state index >= 15 is 0 Å². The number of halogens is 5. The first-order valence-corrected chi connectivity index (χ1v) is 10.9. The van der Waals surface area contributed by atoms with Gasteiger partial charge in [-0.15, -0.1) is 0 Å². The van der Waals surface area contributed by atoms with Crippen LogP contribution in [0.25, 0.3) is 0 Å². The first kappa shape index (κ1) is 21.8. The summed E-state index contributed by atoms with van der Waals surface area (Å²) in [7, 11) is -12.4. The van der Waals surface area contributed by atoms with Crippen LogP contribution in [0.3, 0.4) is 0 Å². The van der Waals surface area contributed by atoms with Crippen molar-refractivity contribution in [3.8, 4) is 0 Å². The van der Waals surface area contributed by atoms with Gasteiger partial charge in [0.15, 0.2) is 0 Å². The first-order valence-electron chi connectivity index (χ1n) is 7.98. The van der Waals surface area contributed by atoms with Crippen LogP contribution in [0.1, 0.15) is 39.0 Å². The van der Waals surface area contributed by atoms with Gasteiger partial charge >= 0.3 is 26.3 Å². The number of rotatable bonds is 5. The van der Waals surface area contributed by atoms with Crippen molar-refractivity contribution in [3.05, 3.63) is 0 Å². The fraction of sp³-hybridized carbons (Fsp3) is 1.00. The SMILES string of the molecule is CC(F)(C(F)(F)C(F)(F)S(=O)(=O)N1CCC2CCCCC2C1)S(=O)(=O)O. The molecule has 2 aliphatic rings. The molecular formula is C13H20F5NO5S2. The van der Waals surface area contributed by atoms with Crippen LogP contribution in [0.5, 0.6) is 0 Å². The molecule has 13 heteroatoms. The van der Waals surface area contributed by atoms with Crippen LogP contribution in [0, 0.1) is 11.8 Å². The van der Waals surface area contributed by atoms with Crippen molar-refractivity contribution < 1.29 is 43.3 Å². The zero-order valence-corrected chi connectivity index (χ0v) is 15.5. The second kappa shape index (κ2) is 6.52. The molecule has 1 heterocycles. The van der Waals surface area contributed by atoms with Gasteiger partial charge in [0.25, 0.3) is 10.0 Å². The molecule has 0 spiro atoms. The number of nitrogens with zero attached hydrogens (tertiary/aromatic N) is 1. The second-order valence-corrected chi connectivity index (χ2v) is 10.6. The average Bonchev–Trinajstić information content (AvgIpc) is 2.52. The minimum atomic E-state index is -6.33. The molecule has 26 heavy (non-hydrogen) atoms. The predicted octanol–water partition coefficient (Wildman–Crippen LogP) is 2.63. The fourth-order valence-corrected chi connectivity index (χ4v) is 5.62. The van der Waals surface area contributed by atoms with Crippen molar-refractivity contribution in [1.82, 2.24) is 4.31 Å². The Morgan fingerprint density at radius 1 is 0.923 bits per heavy atom. The third-order valence-electron chi connectivity index (χ3n) is 5.33. The molecule has 1 aliphatic carbocycles. The van der Waals surface area contributed by atoms with Crippen molar-refractivity contribution in [3.63, 3.8) is 0 Å². The highest BCUT2D eigenvalue weighted by Gasteiger charge is 2.79. The van der Waals surface area contributed by atoms with Gasteiger partial charge in [-0.25, -0.2) is 12.8 Å². The smallest absolute Gasteiger partial charge is 0.283 e. The molecule has 6 nitrogen and oxygen atoms in total. The van der Waals surface area contributed by atoms with Crippen LogP contribution >= 0.6 is 0 Å². The number of hydrogen-bond acceptors (Lipinski definition) is 4. The lowest BCUT2D eigenvalue weighted by atomic mass is 9.76. The van der Waals surface area contributed by atoms with Crippen LogP contribution in [0.2, 0.25) is 0 Å². The topological polar surface area (TPSA) is 91.8 Å². The molecule has 1 N–H and O–H groups in total. The Labute approximate surface area is 148 Å². The summed E-state index contributed by atoms with van der Waals surface area (Å²) in [6, 6.07) is 0. The summed E-state index contributed by atoms with van der Waals surface area (Å²) in [6.07, 6.45) is 3.22. The van der Waals surface area contributed by atoms with E-state index in [1.54, 1.807) is 0 Å². The average molecular weight is 429 g/mol. The Bertz CT molecular complexity index is 753. The number of piperidine rings is 1. The fourth-order valence-electron chi connectivity index (χ4n) is 3.53. The van der Waals surface area contributed by atoms with Gasteiger partial charge in [-0.05, 0) is 31.6 Å². The van der Waals surface area contributed by atoms with Crippen LogP contribution in [-0.2, 0) is 20.1 Å². The quantitative estimate of drug-likeness (QED) is 0.536. The summed E-state index contributed by atoms with van der Waals surface area (Å²) in [5, 5.41) is -11.3. The van der Waals surface area contributed by atoms with Crippen molar-refractivity contribution in [2.24, 2.45) is 11.8 Å². The summed E-state index contributed by atoms with van der Waals surface area (Å²) >= 11 is 0. The van der Waals surface area contributed by atoms with E-state index in [-0.39, 0.29) is 22.6 Å². The van der Waals surface area contributed by atoms with Gasteiger partial charge in [0.1, 0.15) is 0 Å². The molecule has 2 fully saturated rings. The molecule has 154 valence electrons. The summed E-state index contributed by atoms with van der Waals surface area (Å²) in [6.45, 7) is -1.35. The zero-order valence-electron chi connectivity index (χ0n) is 13.8. The van der Waals surface area contributed by atoms with Crippen LogP contribution in [0.4, 0.5) is 22.0 Å². The van der Waals surface area contributed by atoms with Gasteiger partial charge in [-0.2, -0.15) is 30.3 Å². The maximum absolute atomic E-state index is 14.2. The summed E-state index contributed by atoms with van der Waals surface area (Å²) in [5.74, 6) is -6.38. The van der Waals surface area contributed by atoms with Crippen molar-refractivity contribution >= 4 is 20.1 Å². The highest BCUT2D eigenvalue weighted by molar-refractivity contribution is 7.90. The molecule has 1 aliphatic heterocycles. The number of hydrogen-bond donors (Lipinski definition) is 1. The molecule has 0 radical (unpaired) electrons. The summed E-state index contributed by atoms with van der Waals surface area (Å²) < 4.78 is 125. The van der Waals surface area contributed by atoms with E-state index < -0.39 is 56.3 Å². The predicted molar refractivity (Wildman–Crippen MR) is 81.5 cm³/mol.